The van der Waals surface area contributed by atoms with Crippen LogP contribution in [0.3, 0.4) is 0 Å². The number of phenolic OH excluding ortho intramolecular Hbond substituents is 1. The molecule has 1 aliphatic heterocycles. The van der Waals surface area contributed by atoms with Crippen molar-refractivity contribution in [1.82, 2.24) is 0 Å². The van der Waals surface area contributed by atoms with E-state index in [2.05, 4.69) is 10.0 Å². The Labute approximate surface area is 74.2 Å². The average molecular weight is 177 g/mol. The number of nitrogens with zero attached hydrogens (tertiary/aromatic N) is 3. The predicted molar refractivity (Wildman–Crippen MR) is 45.5 cm³/mol. The minimum absolute atomic E-state index is 0.153. The number of fused-ring (bicyclic) bond motifs is 1. The molecular weight excluding hydrogens is 170 g/mol. The largest absolute Gasteiger partial charge is 0.508 e. The maximum Gasteiger partial charge on any atom is 0.126 e. The van der Waals surface area contributed by atoms with Gasteiger partial charge in [0.2, 0.25) is 0 Å². The Morgan fingerprint density at radius 2 is 2.46 bits per heavy atom. The molecule has 2 rings (SSSR count). The summed E-state index contributed by atoms with van der Waals surface area (Å²) in [4.78, 5) is 2.72. The summed E-state index contributed by atoms with van der Waals surface area (Å²) in [7, 11) is 0. The molecule has 66 valence electrons. The van der Waals surface area contributed by atoms with Crippen molar-refractivity contribution in [3.8, 4) is 11.5 Å². The van der Waals surface area contributed by atoms with E-state index in [0.29, 0.717) is 12.4 Å². The minimum atomic E-state index is -0.263. The van der Waals surface area contributed by atoms with Crippen LogP contribution in [0.4, 0.5) is 0 Å². The van der Waals surface area contributed by atoms with E-state index >= 15 is 0 Å². The maximum atomic E-state index is 9.13. The van der Waals surface area contributed by atoms with Gasteiger partial charge in [-0.15, -0.1) is 0 Å². The van der Waals surface area contributed by atoms with Crippen molar-refractivity contribution >= 4 is 0 Å². The van der Waals surface area contributed by atoms with Gasteiger partial charge in [-0.1, -0.05) is 11.2 Å². The molecule has 5 nitrogen and oxygen atoms in total. The zero-order valence-corrected chi connectivity index (χ0v) is 6.71. The minimum Gasteiger partial charge on any atom is -0.508 e. The highest BCUT2D eigenvalue weighted by molar-refractivity contribution is 5.44. The highest BCUT2D eigenvalue weighted by atomic mass is 16.5. The van der Waals surface area contributed by atoms with Crippen LogP contribution in [-0.2, 0) is 0 Å². The second kappa shape index (κ2) is 2.88. The molecule has 0 fully saturated rings. The van der Waals surface area contributed by atoms with Crippen LogP contribution in [0, 0.1) is 0 Å². The van der Waals surface area contributed by atoms with Gasteiger partial charge in [-0.3, -0.25) is 0 Å². The van der Waals surface area contributed by atoms with Crippen molar-refractivity contribution in [2.45, 2.75) is 6.04 Å². The first-order chi connectivity index (χ1) is 6.31. The SMILES string of the molecule is [N-]=[N+]=NC1COc2cc(O)ccc21. The lowest BCUT2D eigenvalue weighted by atomic mass is 10.1. The molecule has 0 spiro atoms. The number of ether oxygens (including phenoxy) is 1. The van der Waals surface area contributed by atoms with E-state index in [9.17, 15) is 0 Å². The van der Waals surface area contributed by atoms with Gasteiger partial charge in [-0.05, 0) is 11.6 Å². The summed E-state index contributed by atoms with van der Waals surface area (Å²) in [5.74, 6) is 0.748. The molecule has 1 heterocycles. The van der Waals surface area contributed by atoms with Crippen LogP contribution in [0.1, 0.15) is 11.6 Å². The number of azide groups is 1. The molecule has 1 unspecified atom stereocenters. The summed E-state index contributed by atoms with van der Waals surface area (Å²) in [6, 6.07) is 4.51. The first-order valence-corrected chi connectivity index (χ1v) is 3.81. The van der Waals surface area contributed by atoms with E-state index < -0.39 is 0 Å². The summed E-state index contributed by atoms with van der Waals surface area (Å²) in [5.41, 5.74) is 9.09. The second-order valence-corrected chi connectivity index (χ2v) is 2.75. The number of hydrogen-bond acceptors (Lipinski definition) is 3. The molecule has 0 radical (unpaired) electrons. The Balaban J connectivity index is 2.43. The van der Waals surface area contributed by atoms with Crippen molar-refractivity contribution < 1.29 is 9.84 Å². The molecule has 0 amide bonds. The number of benzene rings is 1. The van der Waals surface area contributed by atoms with Crippen molar-refractivity contribution in [3.05, 3.63) is 34.2 Å². The van der Waals surface area contributed by atoms with Gasteiger partial charge >= 0.3 is 0 Å². The van der Waals surface area contributed by atoms with E-state index in [-0.39, 0.29) is 11.8 Å². The van der Waals surface area contributed by atoms with Crippen molar-refractivity contribution in [2.75, 3.05) is 6.61 Å². The monoisotopic (exact) mass is 177 g/mol. The highest BCUT2D eigenvalue weighted by Crippen LogP contribution is 2.36. The standard InChI is InChI=1S/C8H7N3O2/c9-11-10-7-4-13-8-3-5(12)1-2-6(7)8/h1-3,7,12H,4H2. The van der Waals surface area contributed by atoms with Crippen LogP contribution in [0.25, 0.3) is 10.4 Å². The van der Waals surface area contributed by atoms with Gasteiger partial charge in [-0.25, -0.2) is 0 Å². The van der Waals surface area contributed by atoms with Crippen molar-refractivity contribution in [3.63, 3.8) is 0 Å². The Kier molecular flexibility index (Phi) is 1.72. The van der Waals surface area contributed by atoms with E-state index in [1.165, 1.54) is 6.07 Å². The van der Waals surface area contributed by atoms with E-state index in [4.69, 9.17) is 15.4 Å². The molecular formula is C8H7N3O2. The van der Waals surface area contributed by atoms with E-state index in [0.717, 1.165) is 5.56 Å². The number of aromatic hydroxyl groups is 1. The summed E-state index contributed by atoms with van der Waals surface area (Å²) in [6.07, 6.45) is 0. The Morgan fingerprint density at radius 3 is 3.23 bits per heavy atom. The molecule has 0 aliphatic carbocycles. The van der Waals surface area contributed by atoms with Crippen LogP contribution in [0.5, 0.6) is 11.5 Å². The zero-order chi connectivity index (χ0) is 9.26. The fourth-order valence-electron chi connectivity index (χ4n) is 1.34. The Hall–Kier alpha value is -1.87. The predicted octanol–water partition coefficient (Wildman–Crippen LogP) is 2.14. The molecule has 5 heteroatoms. The first-order valence-electron chi connectivity index (χ1n) is 3.81. The fourth-order valence-corrected chi connectivity index (χ4v) is 1.34. The van der Waals surface area contributed by atoms with Gasteiger partial charge in [0.25, 0.3) is 0 Å². The third-order valence-corrected chi connectivity index (χ3v) is 1.94. The third-order valence-electron chi connectivity index (χ3n) is 1.94. The smallest absolute Gasteiger partial charge is 0.126 e. The van der Waals surface area contributed by atoms with Gasteiger partial charge in [-0.2, -0.15) is 0 Å². The van der Waals surface area contributed by atoms with Gasteiger partial charge in [0, 0.05) is 16.5 Å². The van der Waals surface area contributed by atoms with Crippen LogP contribution in [0.15, 0.2) is 23.3 Å². The quantitative estimate of drug-likeness (QED) is 0.405. The number of hydrogen-bond donors (Lipinski definition) is 1. The van der Waals surface area contributed by atoms with Crippen LogP contribution in [-0.4, -0.2) is 11.7 Å². The third kappa shape index (κ3) is 1.25. The summed E-state index contributed by atoms with van der Waals surface area (Å²) in [6.45, 7) is 0.350. The van der Waals surface area contributed by atoms with Crippen LogP contribution in [0.2, 0.25) is 0 Å². The van der Waals surface area contributed by atoms with Gasteiger partial charge in [0.1, 0.15) is 24.1 Å². The summed E-state index contributed by atoms with van der Waals surface area (Å²) < 4.78 is 5.22. The van der Waals surface area contributed by atoms with Gasteiger partial charge in [0.15, 0.2) is 0 Å². The lowest BCUT2D eigenvalue weighted by Gasteiger charge is -1.99. The van der Waals surface area contributed by atoms with Gasteiger partial charge < -0.3 is 9.84 Å². The molecule has 13 heavy (non-hydrogen) atoms. The zero-order valence-electron chi connectivity index (χ0n) is 6.71. The molecule has 0 bridgehead atoms. The molecule has 1 aromatic carbocycles. The topological polar surface area (TPSA) is 78.2 Å². The Morgan fingerprint density at radius 1 is 1.62 bits per heavy atom. The second-order valence-electron chi connectivity index (χ2n) is 2.75. The number of phenols is 1. The van der Waals surface area contributed by atoms with Crippen molar-refractivity contribution in [2.24, 2.45) is 5.11 Å². The van der Waals surface area contributed by atoms with Gasteiger partial charge in [0.05, 0.1) is 0 Å². The Bertz CT molecular complexity index is 385. The maximum absolute atomic E-state index is 9.13. The molecule has 1 aliphatic rings. The van der Waals surface area contributed by atoms with Crippen LogP contribution >= 0.6 is 0 Å². The molecule has 1 atom stereocenters. The molecule has 0 aromatic heterocycles. The molecule has 0 saturated heterocycles. The first kappa shape index (κ1) is 7.76. The van der Waals surface area contributed by atoms with Crippen molar-refractivity contribution in [1.29, 1.82) is 0 Å². The van der Waals surface area contributed by atoms with Crippen LogP contribution < -0.4 is 4.74 Å². The normalized spacial score (nSPS) is 18.6. The summed E-state index contributed by atoms with van der Waals surface area (Å²) >= 11 is 0. The molecule has 1 aromatic rings. The average Bonchev–Trinajstić information content (AvgIpc) is 2.49. The molecule has 1 N–H and O–H groups in total. The summed E-state index contributed by atoms with van der Waals surface area (Å²) in [5, 5.41) is 12.7. The van der Waals surface area contributed by atoms with E-state index in [1.807, 2.05) is 0 Å². The fraction of sp³-hybridized carbons (Fsp3) is 0.250. The lowest BCUT2D eigenvalue weighted by Crippen LogP contribution is -1.94. The number of rotatable bonds is 1. The molecule has 0 saturated carbocycles. The van der Waals surface area contributed by atoms with E-state index in [1.54, 1.807) is 12.1 Å². The lowest BCUT2D eigenvalue weighted by molar-refractivity contribution is 0.331. The highest BCUT2D eigenvalue weighted by Gasteiger charge is 2.22.